The van der Waals surface area contributed by atoms with Crippen LogP contribution in [-0.2, 0) is 14.3 Å². The van der Waals surface area contributed by atoms with Crippen molar-refractivity contribution in [1.82, 2.24) is 10.2 Å². The summed E-state index contributed by atoms with van der Waals surface area (Å²) in [7, 11) is 0. The molecule has 2 aromatic rings. The summed E-state index contributed by atoms with van der Waals surface area (Å²) in [5, 5.41) is 11.7. The van der Waals surface area contributed by atoms with E-state index in [1.807, 2.05) is 24.3 Å². The number of carbonyl (C=O) groups excluding carboxylic acids is 2. The number of rotatable bonds is 9. The molecule has 1 unspecified atom stereocenters. The van der Waals surface area contributed by atoms with Crippen LogP contribution in [0.15, 0.2) is 48.5 Å². The van der Waals surface area contributed by atoms with Crippen molar-refractivity contribution in [3.8, 4) is 11.1 Å². The SMILES string of the molecule is O=C(O)CC1CN(C(=O)C(CNC(=O)OCC2c3ccccc3-c3ccccc32)CC2CC2)C1. The molecule has 1 atom stereocenters. The van der Waals surface area contributed by atoms with Crippen molar-refractivity contribution in [3.63, 3.8) is 0 Å². The molecular weight excluding hydrogens is 432 g/mol. The fraction of sp³-hybridized carbons (Fsp3) is 0.444. The Morgan fingerprint density at radius 3 is 2.18 bits per heavy atom. The van der Waals surface area contributed by atoms with E-state index in [0.717, 1.165) is 30.4 Å². The summed E-state index contributed by atoms with van der Waals surface area (Å²) in [4.78, 5) is 38.1. The molecular formula is C27H30N2O5. The molecule has 2 aliphatic carbocycles. The highest BCUT2D eigenvalue weighted by atomic mass is 16.5. The van der Waals surface area contributed by atoms with Gasteiger partial charge in [0.15, 0.2) is 0 Å². The second kappa shape index (κ2) is 9.49. The van der Waals surface area contributed by atoms with Gasteiger partial charge in [-0.1, -0.05) is 61.4 Å². The molecule has 2 amide bonds. The topological polar surface area (TPSA) is 95.9 Å². The first kappa shape index (κ1) is 22.4. The Bertz CT molecular complexity index is 1040. The maximum Gasteiger partial charge on any atom is 0.407 e. The molecule has 2 fully saturated rings. The zero-order valence-electron chi connectivity index (χ0n) is 19.1. The molecule has 7 nitrogen and oxygen atoms in total. The molecule has 3 aliphatic rings. The number of carboxylic acids is 1. The van der Waals surface area contributed by atoms with E-state index in [9.17, 15) is 14.4 Å². The van der Waals surface area contributed by atoms with Gasteiger partial charge in [-0.2, -0.15) is 0 Å². The summed E-state index contributed by atoms with van der Waals surface area (Å²) in [5.74, 6) is -0.559. The highest BCUT2D eigenvalue weighted by Gasteiger charge is 2.38. The van der Waals surface area contributed by atoms with Crippen LogP contribution < -0.4 is 5.32 Å². The Balaban J connectivity index is 1.15. The fourth-order valence-electron chi connectivity index (χ4n) is 5.27. The van der Waals surface area contributed by atoms with Gasteiger partial charge in [-0.3, -0.25) is 9.59 Å². The number of carbonyl (C=O) groups is 3. The van der Waals surface area contributed by atoms with Crippen LogP contribution in [0.1, 0.15) is 42.7 Å². The lowest BCUT2D eigenvalue weighted by Gasteiger charge is -2.40. The smallest absolute Gasteiger partial charge is 0.407 e. The van der Waals surface area contributed by atoms with Gasteiger partial charge in [0.2, 0.25) is 5.91 Å². The number of fused-ring (bicyclic) bond motifs is 3. The quantitative estimate of drug-likeness (QED) is 0.590. The van der Waals surface area contributed by atoms with Crippen LogP contribution in [0.4, 0.5) is 4.79 Å². The van der Waals surface area contributed by atoms with Crippen LogP contribution in [0.25, 0.3) is 11.1 Å². The summed E-state index contributed by atoms with van der Waals surface area (Å²) < 4.78 is 5.61. The van der Waals surface area contributed by atoms with Crippen molar-refractivity contribution in [2.24, 2.45) is 17.8 Å². The van der Waals surface area contributed by atoms with Gasteiger partial charge in [0, 0.05) is 31.5 Å². The maximum atomic E-state index is 13.0. The molecule has 1 saturated heterocycles. The Labute approximate surface area is 199 Å². The molecule has 2 aromatic carbocycles. The number of nitrogens with one attached hydrogen (secondary N) is 1. The summed E-state index contributed by atoms with van der Waals surface area (Å²) in [6.45, 7) is 1.45. The number of alkyl carbamates (subject to hydrolysis) is 1. The second-order valence-electron chi connectivity index (χ2n) is 9.79. The Morgan fingerprint density at radius 2 is 1.59 bits per heavy atom. The number of carboxylic acid groups (broad SMARTS) is 1. The van der Waals surface area contributed by atoms with Gasteiger partial charge >= 0.3 is 12.1 Å². The van der Waals surface area contributed by atoms with Crippen LogP contribution in [0, 0.1) is 17.8 Å². The largest absolute Gasteiger partial charge is 0.481 e. The summed E-state index contributed by atoms with van der Waals surface area (Å²) >= 11 is 0. The van der Waals surface area contributed by atoms with E-state index in [1.165, 1.54) is 11.1 Å². The van der Waals surface area contributed by atoms with E-state index >= 15 is 0 Å². The molecule has 34 heavy (non-hydrogen) atoms. The minimum atomic E-state index is -0.830. The standard InChI is InChI=1S/C27H30N2O5/c30-25(31)12-18-14-29(15-18)26(32)19(11-17-9-10-17)13-28-27(33)34-16-24-22-7-3-1-5-20(22)21-6-2-4-8-23(21)24/h1-8,17-19,24H,9-16H2,(H,28,33)(H,30,31). The lowest BCUT2D eigenvalue weighted by atomic mass is 9.92. The minimum absolute atomic E-state index is 0.00528. The highest BCUT2D eigenvalue weighted by Crippen LogP contribution is 2.44. The van der Waals surface area contributed by atoms with Crippen LogP contribution in [0.2, 0.25) is 0 Å². The third-order valence-corrected chi connectivity index (χ3v) is 7.23. The fourth-order valence-corrected chi connectivity index (χ4v) is 5.27. The molecule has 0 bridgehead atoms. The van der Waals surface area contributed by atoms with Gasteiger partial charge in [-0.25, -0.2) is 4.79 Å². The van der Waals surface area contributed by atoms with Crippen LogP contribution in [-0.4, -0.2) is 54.2 Å². The zero-order chi connectivity index (χ0) is 23.7. The number of hydrogen-bond donors (Lipinski definition) is 2. The maximum absolute atomic E-state index is 13.0. The van der Waals surface area contributed by atoms with Crippen molar-refractivity contribution >= 4 is 18.0 Å². The third-order valence-electron chi connectivity index (χ3n) is 7.23. The molecule has 178 valence electrons. The first-order chi connectivity index (χ1) is 16.5. The third kappa shape index (κ3) is 4.79. The summed E-state index contributed by atoms with van der Waals surface area (Å²) in [6, 6.07) is 16.4. The molecule has 5 rings (SSSR count). The molecule has 1 aliphatic heterocycles. The van der Waals surface area contributed by atoms with Gasteiger partial charge in [-0.15, -0.1) is 0 Å². The van der Waals surface area contributed by atoms with Crippen molar-refractivity contribution < 1.29 is 24.2 Å². The molecule has 0 spiro atoms. The van der Waals surface area contributed by atoms with Gasteiger partial charge in [0.05, 0.1) is 12.3 Å². The number of likely N-dealkylation sites (tertiary alicyclic amines) is 1. The lowest BCUT2D eigenvalue weighted by Crippen LogP contribution is -2.54. The molecule has 7 heteroatoms. The van der Waals surface area contributed by atoms with E-state index in [4.69, 9.17) is 9.84 Å². The van der Waals surface area contributed by atoms with E-state index in [2.05, 4.69) is 29.6 Å². The van der Waals surface area contributed by atoms with Gasteiger partial charge in [-0.05, 0) is 34.6 Å². The van der Waals surface area contributed by atoms with Crippen molar-refractivity contribution in [2.45, 2.75) is 31.6 Å². The molecule has 1 heterocycles. The van der Waals surface area contributed by atoms with Gasteiger partial charge < -0.3 is 20.1 Å². The molecule has 2 N–H and O–H groups in total. The van der Waals surface area contributed by atoms with Crippen molar-refractivity contribution in [2.75, 3.05) is 26.2 Å². The van der Waals surface area contributed by atoms with Gasteiger partial charge in [0.1, 0.15) is 6.61 Å². The first-order valence-electron chi connectivity index (χ1n) is 12.1. The summed E-state index contributed by atoms with van der Waals surface area (Å²) in [6.07, 6.45) is 2.58. The average molecular weight is 463 g/mol. The van der Waals surface area contributed by atoms with Crippen molar-refractivity contribution in [3.05, 3.63) is 59.7 Å². The van der Waals surface area contributed by atoms with Crippen LogP contribution >= 0.6 is 0 Å². The van der Waals surface area contributed by atoms with E-state index in [-0.39, 0.29) is 43.2 Å². The normalized spacial score (nSPS) is 17.9. The Kier molecular flexibility index (Phi) is 6.26. The number of aliphatic carboxylic acids is 1. The first-order valence-corrected chi connectivity index (χ1v) is 12.1. The van der Waals surface area contributed by atoms with E-state index in [1.54, 1.807) is 4.90 Å². The van der Waals surface area contributed by atoms with Crippen molar-refractivity contribution in [1.29, 1.82) is 0 Å². The highest BCUT2D eigenvalue weighted by molar-refractivity contribution is 5.81. The van der Waals surface area contributed by atoms with Crippen LogP contribution in [0.5, 0.6) is 0 Å². The lowest BCUT2D eigenvalue weighted by molar-refractivity contribution is -0.147. The Morgan fingerprint density at radius 1 is 0.971 bits per heavy atom. The van der Waals surface area contributed by atoms with E-state index in [0.29, 0.717) is 19.0 Å². The second-order valence-corrected chi connectivity index (χ2v) is 9.79. The van der Waals surface area contributed by atoms with Crippen LogP contribution in [0.3, 0.4) is 0 Å². The molecule has 0 radical (unpaired) electrons. The number of amides is 2. The predicted molar refractivity (Wildman–Crippen MR) is 126 cm³/mol. The number of nitrogens with zero attached hydrogens (tertiary/aromatic N) is 1. The average Bonchev–Trinajstić information content (AvgIpc) is 3.57. The zero-order valence-corrected chi connectivity index (χ0v) is 19.1. The molecule has 0 aromatic heterocycles. The summed E-state index contributed by atoms with van der Waals surface area (Å²) in [5.41, 5.74) is 4.68. The molecule has 1 saturated carbocycles. The minimum Gasteiger partial charge on any atom is -0.481 e. The number of benzene rings is 2. The monoisotopic (exact) mass is 462 g/mol. The Hall–Kier alpha value is -3.35. The number of ether oxygens (including phenoxy) is 1. The number of hydrogen-bond acceptors (Lipinski definition) is 4. The predicted octanol–water partition coefficient (Wildman–Crippen LogP) is 3.87. The van der Waals surface area contributed by atoms with Gasteiger partial charge in [0.25, 0.3) is 0 Å². The van der Waals surface area contributed by atoms with E-state index < -0.39 is 12.1 Å².